The number of pyridine rings is 1. The zero-order valence-electron chi connectivity index (χ0n) is 7.07. The second-order valence-corrected chi connectivity index (χ2v) is 2.83. The van der Waals surface area contributed by atoms with Crippen molar-refractivity contribution in [2.75, 3.05) is 0 Å². The Morgan fingerprint density at radius 3 is 2.93 bits per heavy atom. The van der Waals surface area contributed by atoms with E-state index in [-0.39, 0.29) is 5.56 Å². The van der Waals surface area contributed by atoms with E-state index >= 15 is 0 Å². The fourth-order valence-electron chi connectivity index (χ4n) is 1.32. The van der Waals surface area contributed by atoms with Gasteiger partial charge in [0.1, 0.15) is 5.82 Å². The normalized spacial score (nSPS) is 10.4. The molecule has 1 heterocycles. The molecule has 0 saturated heterocycles. The summed E-state index contributed by atoms with van der Waals surface area (Å²) in [7, 11) is 0. The highest BCUT2D eigenvalue weighted by Gasteiger charge is 2.10. The maximum Gasteiger partial charge on any atom is 0.338 e. The third-order valence-corrected chi connectivity index (χ3v) is 1.90. The molecule has 70 valence electrons. The summed E-state index contributed by atoms with van der Waals surface area (Å²) in [6.45, 7) is 0. The number of nitrogens with zero attached hydrogens (tertiary/aromatic N) is 1. The number of hydrogen-bond acceptors (Lipinski definition) is 2. The van der Waals surface area contributed by atoms with Crippen LogP contribution < -0.4 is 0 Å². The van der Waals surface area contributed by atoms with Gasteiger partial charge in [-0.1, -0.05) is 6.07 Å². The summed E-state index contributed by atoms with van der Waals surface area (Å²) < 4.78 is 13.0. The van der Waals surface area contributed by atoms with Crippen molar-refractivity contribution in [3.63, 3.8) is 0 Å². The van der Waals surface area contributed by atoms with Crippen LogP contribution in [0.3, 0.4) is 0 Å². The van der Waals surface area contributed by atoms with E-state index in [2.05, 4.69) is 4.98 Å². The van der Waals surface area contributed by atoms with Crippen molar-refractivity contribution in [2.45, 2.75) is 0 Å². The van der Waals surface area contributed by atoms with Gasteiger partial charge in [-0.3, -0.25) is 4.98 Å². The minimum Gasteiger partial charge on any atom is -0.478 e. The topological polar surface area (TPSA) is 50.2 Å². The lowest BCUT2D eigenvalue weighted by molar-refractivity contribution is 0.0698. The number of aromatic carboxylic acids is 1. The van der Waals surface area contributed by atoms with E-state index in [9.17, 15) is 9.18 Å². The number of carbonyl (C=O) groups is 1. The molecule has 0 unspecified atom stereocenters. The molecular weight excluding hydrogens is 185 g/mol. The van der Waals surface area contributed by atoms with E-state index in [1.165, 1.54) is 12.3 Å². The first-order valence-corrected chi connectivity index (χ1v) is 3.96. The smallest absolute Gasteiger partial charge is 0.338 e. The van der Waals surface area contributed by atoms with Crippen LogP contribution >= 0.6 is 0 Å². The molecule has 0 atom stereocenters. The molecule has 1 N–H and O–H groups in total. The molecule has 0 saturated carbocycles. The summed E-state index contributed by atoms with van der Waals surface area (Å²) >= 11 is 0. The number of aromatic nitrogens is 1. The van der Waals surface area contributed by atoms with E-state index in [0.29, 0.717) is 10.9 Å². The molecule has 0 spiro atoms. The number of halogens is 1. The Morgan fingerprint density at radius 2 is 2.21 bits per heavy atom. The van der Waals surface area contributed by atoms with E-state index < -0.39 is 11.8 Å². The number of hydrogen-bond donors (Lipinski definition) is 1. The molecule has 2 rings (SSSR count). The molecule has 2 aromatic rings. The van der Waals surface area contributed by atoms with E-state index in [1.807, 2.05) is 0 Å². The van der Waals surface area contributed by atoms with Gasteiger partial charge in [-0.2, -0.15) is 0 Å². The molecule has 0 aliphatic carbocycles. The summed E-state index contributed by atoms with van der Waals surface area (Å²) in [5.41, 5.74) is 0.196. The molecule has 3 nitrogen and oxygen atoms in total. The molecule has 14 heavy (non-hydrogen) atoms. The van der Waals surface area contributed by atoms with Crippen molar-refractivity contribution < 1.29 is 14.3 Å². The number of fused-ring (bicyclic) bond motifs is 1. The first kappa shape index (κ1) is 8.62. The Hall–Kier alpha value is -1.97. The molecular formula is C10H6FNO2. The predicted molar refractivity (Wildman–Crippen MR) is 48.7 cm³/mol. The molecule has 0 bridgehead atoms. The summed E-state index contributed by atoms with van der Waals surface area (Å²) in [5, 5.41) is 9.29. The predicted octanol–water partition coefficient (Wildman–Crippen LogP) is 2.07. The summed E-state index contributed by atoms with van der Waals surface area (Å²) in [5.74, 6) is -1.74. The Balaban J connectivity index is 2.87. The molecule has 0 aliphatic heterocycles. The lowest BCUT2D eigenvalue weighted by Crippen LogP contribution is -1.99. The molecule has 0 amide bonds. The molecule has 0 fully saturated rings. The van der Waals surface area contributed by atoms with Gasteiger partial charge in [-0.15, -0.1) is 0 Å². The molecule has 1 aromatic carbocycles. The van der Waals surface area contributed by atoms with Crippen LogP contribution in [0.1, 0.15) is 10.4 Å². The van der Waals surface area contributed by atoms with Crippen molar-refractivity contribution >= 4 is 16.9 Å². The van der Waals surface area contributed by atoms with Crippen molar-refractivity contribution in [3.8, 4) is 0 Å². The molecule has 1 aromatic heterocycles. The van der Waals surface area contributed by atoms with Gasteiger partial charge in [0.25, 0.3) is 0 Å². The minimum absolute atomic E-state index is 0.111. The van der Waals surface area contributed by atoms with Gasteiger partial charge in [-0.05, 0) is 18.2 Å². The second kappa shape index (κ2) is 3.06. The third-order valence-electron chi connectivity index (χ3n) is 1.90. The van der Waals surface area contributed by atoms with Crippen molar-refractivity contribution in [3.05, 3.63) is 41.8 Å². The SMILES string of the molecule is O=C(O)c1cc(F)cc2cccnc12. The Morgan fingerprint density at radius 1 is 1.43 bits per heavy atom. The number of rotatable bonds is 1. The van der Waals surface area contributed by atoms with Gasteiger partial charge in [0.15, 0.2) is 0 Å². The largest absolute Gasteiger partial charge is 0.478 e. The van der Waals surface area contributed by atoms with Crippen molar-refractivity contribution in [1.82, 2.24) is 4.98 Å². The van der Waals surface area contributed by atoms with E-state index in [1.54, 1.807) is 12.1 Å². The van der Waals surface area contributed by atoms with Crippen LogP contribution in [-0.4, -0.2) is 16.1 Å². The van der Waals surface area contributed by atoms with Gasteiger partial charge in [0.2, 0.25) is 0 Å². The molecule has 4 heteroatoms. The van der Waals surface area contributed by atoms with Gasteiger partial charge in [-0.25, -0.2) is 9.18 Å². The van der Waals surface area contributed by atoms with Gasteiger partial charge in [0.05, 0.1) is 11.1 Å². The fourth-order valence-corrected chi connectivity index (χ4v) is 1.32. The van der Waals surface area contributed by atoms with Gasteiger partial charge >= 0.3 is 5.97 Å². The zero-order valence-corrected chi connectivity index (χ0v) is 7.07. The van der Waals surface area contributed by atoms with Gasteiger partial charge in [0, 0.05) is 11.6 Å². The lowest BCUT2D eigenvalue weighted by atomic mass is 10.1. The van der Waals surface area contributed by atoms with Crippen LogP contribution in [0.4, 0.5) is 4.39 Å². The highest BCUT2D eigenvalue weighted by atomic mass is 19.1. The highest BCUT2D eigenvalue weighted by molar-refractivity contribution is 6.01. The standard InChI is InChI=1S/C10H6FNO2/c11-7-4-6-2-1-3-12-9(6)8(5-7)10(13)14/h1-5H,(H,13,14). The van der Waals surface area contributed by atoms with Crippen LogP contribution in [0.2, 0.25) is 0 Å². The van der Waals surface area contributed by atoms with Crippen LogP contribution in [0.25, 0.3) is 10.9 Å². The first-order valence-electron chi connectivity index (χ1n) is 3.96. The second-order valence-electron chi connectivity index (χ2n) is 2.83. The summed E-state index contributed by atoms with van der Waals surface area (Å²) in [6, 6.07) is 5.48. The van der Waals surface area contributed by atoms with Crippen LogP contribution in [0.15, 0.2) is 30.5 Å². The first-order chi connectivity index (χ1) is 6.68. The monoisotopic (exact) mass is 191 g/mol. The number of benzene rings is 1. The van der Waals surface area contributed by atoms with E-state index in [4.69, 9.17) is 5.11 Å². The van der Waals surface area contributed by atoms with Gasteiger partial charge < -0.3 is 5.11 Å². The van der Waals surface area contributed by atoms with Crippen LogP contribution in [0.5, 0.6) is 0 Å². The Bertz CT molecular complexity index is 510. The zero-order chi connectivity index (χ0) is 10.1. The Labute approximate surface area is 78.8 Å². The minimum atomic E-state index is -1.17. The average molecular weight is 191 g/mol. The van der Waals surface area contributed by atoms with E-state index in [0.717, 1.165) is 6.07 Å². The molecule has 0 radical (unpaired) electrons. The molecule has 0 aliphatic rings. The van der Waals surface area contributed by atoms with Crippen molar-refractivity contribution in [2.24, 2.45) is 0 Å². The van der Waals surface area contributed by atoms with Crippen molar-refractivity contribution in [1.29, 1.82) is 0 Å². The maximum absolute atomic E-state index is 13.0. The third kappa shape index (κ3) is 1.31. The Kier molecular flexibility index (Phi) is 1.89. The lowest BCUT2D eigenvalue weighted by Gasteiger charge is -2.00. The fraction of sp³-hybridized carbons (Fsp3) is 0. The highest BCUT2D eigenvalue weighted by Crippen LogP contribution is 2.17. The average Bonchev–Trinajstić information content (AvgIpc) is 2.16. The summed E-state index contributed by atoms with van der Waals surface area (Å²) in [4.78, 5) is 14.7. The maximum atomic E-state index is 13.0. The van der Waals surface area contributed by atoms with Crippen LogP contribution in [-0.2, 0) is 0 Å². The van der Waals surface area contributed by atoms with Crippen LogP contribution in [0, 0.1) is 5.82 Å². The quantitative estimate of drug-likeness (QED) is 0.750. The number of carboxylic acid groups (broad SMARTS) is 1. The number of carboxylic acids is 1. The summed E-state index contributed by atoms with van der Waals surface area (Å²) in [6.07, 6.45) is 1.48.